The lowest BCUT2D eigenvalue weighted by Crippen LogP contribution is -3.14. The maximum absolute atomic E-state index is 13.0. The minimum atomic E-state index is -0.633. The van der Waals surface area contributed by atoms with Gasteiger partial charge in [0.05, 0.1) is 44.2 Å². The average molecular weight is 383 g/mol. The molecule has 7 nitrogen and oxygen atoms in total. The van der Waals surface area contributed by atoms with Gasteiger partial charge in [-0.2, -0.15) is 0 Å². The highest BCUT2D eigenvalue weighted by Crippen LogP contribution is 2.38. The standard InChI is InChI=1S/C21H22N2O5/c24-19(16-7-4-12-28-16)17-18(15-5-2-1-3-6-15)23(21(26)20(17)25)9-8-22-10-13-27-14-11-22/h1-7,12,18,25H,8-11,13-14H2/p+1/t18-/m0/s1. The maximum atomic E-state index is 13.0. The van der Waals surface area contributed by atoms with Crippen molar-refractivity contribution in [3.05, 3.63) is 71.4 Å². The normalized spacial score (nSPS) is 20.8. The second-order valence-electron chi connectivity index (χ2n) is 6.99. The van der Waals surface area contributed by atoms with Crippen molar-refractivity contribution in [1.29, 1.82) is 0 Å². The maximum Gasteiger partial charge on any atom is 0.290 e. The molecule has 1 amide bonds. The van der Waals surface area contributed by atoms with Crippen LogP contribution in [0.25, 0.3) is 0 Å². The number of rotatable bonds is 6. The molecule has 0 bridgehead atoms. The number of ether oxygens (including phenoxy) is 1. The fraction of sp³-hybridized carbons (Fsp3) is 0.333. The Morgan fingerprint density at radius 2 is 1.89 bits per heavy atom. The van der Waals surface area contributed by atoms with E-state index in [0.29, 0.717) is 19.8 Å². The van der Waals surface area contributed by atoms with Gasteiger partial charge in [-0.1, -0.05) is 30.3 Å². The second kappa shape index (κ2) is 8.00. The molecule has 0 saturated carbocycles. The summed E-state index contributed by atoms with van der Waals surface area (Å²) in [4.78, 5) is 28.8. The third-order valence-electron chi connectivity index (χ3n) is 5.31. The number of benzene rings is 1. The molecule has 7 heteroatoms. The number of Topliss-reactive ketones (excluding diaryl/α,β-unsaturated/α-hetero) is 1. The lowest BCUT2D eigenvalue weighted by Gasteiger charge is -2.29. The first-order chi connectivity index (χ1) is 13.7. The van der Waals surface area contributed by atoms with Crippen LogP contribution < -0.4 is 4.90 Å². The van der Waals surface area contributed by atoms with Crippen molar-refractivity contribution in [3.63, 3.8) is 0 Å². The number of hydrogen-bond acceptors (Lipinski definition) is 5. The minimum Gasteiger partial charge on any atom is -0.503 e. The van der Waals surface area contributed by atoms with Crippen LogP contribution in [0.1, 0.15) is 22.2 Å². The number of aliphatic hydroxyl groups is 1. The Morgan fingerprint density at radius 3 is 2.57 bits per heavy atom. The van der Waals surface area contributed by atoms with E-state index in [-0.39, 0.29) is 11.3 Å². The molecule has 1 saturated heterocycles. The predicted molar refractivity (Wildman–Crippen MR) is 100.0 cm³/mol. The van der Waals surface area contributed by atoms with Crippen LogP contribution >= 0.6 is 0 Å². The largest absolute Gasteiger partial charge is 0.503 e. The monoisotopic (exact) mass is 383 g/mol. The van der Waals surface area contributed by atoms with Gasteiger partial charge in [-0.05, 0) is 17.7 Å². The van der Waals surface area contributed by atoms with Gasteiger partial charge in [0.25, 0.3) is 5.91 Å². The van der Waals surface area contributed by atoms with E-state index in [1.54, 1.807) is 11.0 Å². The fourth-order valence-electron chi connectivity index (χ4n) is 3.83. The number of ketones is 1. The zero-order valence-corrected chi connectivity index (χ0v) is 15.5. The number of carbonyl (C=O) groups is 2. The van der Waals surface area contributed by atoms with Crippen LogP contribution in [0.3, 0.4) is 0 Å². The Labute approximate surface area is 162 Å². The zero-order valence-electron chi connectivity index (χ0n) is 15.5. The van der Waals surface area contributed by atoms with E-state index in [1.807, 2.05) is 30.3 Å². The first-order valence-electron chi connectivity index (χ1n) is 9.45. The number of quaternary nitrogens is 1. The molecular weight excluding hydrogens is 360 g/mol. The van der Waals surface area contributed by atoms with Crippen LogP contribution in [0.2, 0.25) is 0 Å². The summed E-state index contributed by atoms with van der Waals surface area (Å²) in [5.41, 5.74) is 0.856. The van der Waals surface area contributed by atoms with Crippen LogP contribution in [-0.2, 0) is 9.53 Å². The van der Waals surface area contributed by atoms with Gasteiger partial charge >= 0.3 is 0 Å². The van der Waals surface area contributed by atoms with Crippen molar-refractivity contribution in [1.82, 2.24) is 4.90 Å². The number of aliphatic hydroxyl groups excluding tert-OH is 1. The SMILES string of the molecule is O=C(C1=C(O)C(=O)N(CC[NH+]2CCOCC2)[C@H]1c1ccccc1)c1ccco1. The van der Waals surface area contributed by atoms with Crippen LogP contribution in [0, 0.1) is 0 Å². The first-order valence-corrected chi connectivity index (χ1v) is 9.45. The van der Waals surface area contributed by atoms with Gasteiger partial charge in [-0.15, -0.1) is 0 Å². The molecule has 2 aliphatic rings. The summed E-state index contributed by atoms with van der Waals surface area (Å²) in [5.74, 6) is -1.37. The van der Waals surface area contributed by atoms with Gasteiger partial charge in [-0.3, -0.25) is 9.59 Å². The summed E-state index contributed by atoms with van der Waals surface area (Å²) in [6.45, 7) is 4.35. The number of nitrogens with zero attached hydrogens (tertiary/aromatic N) is 1. The van der Waals surface area contributed by atoms with Gasteiger partial charge < -0.3 is 24.1 Å². The molecule has 146 valence electrons. The predicted octanol–water partition coefficient (Wildman–Crippen LogP) is 0.773. The summed E-state index contributed by atoms with van der Waals surface area (Å²) in [6.07, 6.45) is 1.40. The number of morpholine rings is 1. The molecular formula is C21H23N2O5+. The van der Waals surface area contributed by atoms with Gasteiger partial charge in [0.1, 0.15) is 13.1 Å². The molecule has 1 aromatic heterocycles. The van der Waals surface area contributed by atoms with Crippen LogP contribution in [0.15, 0.2) is 64.5 Å². The van der Waals surface area contributed by atoms with Gasteiger partial charge in [0, 0.05) is 0 Å². The summed E-state index contributed by atoms with van der Waals surface area (Å²) >= 11 is 0. The Hall–Kier alpha value is -2.90. The molecule has 4 rings (SSSR count). The Bertz CT molecular complexity index is 869. The van der Waals surface area contributed by atoms with E-state index in [2.05, 4.69) is 0 Å². The molecule has 2 aliphatic heterocycles. The highest BCUT2D eigenvalue weighted by Gasteiger charge is 2.44. The Morgan fingerprint density at radius 1 is 1.14 bits per heavy atom. The van der Waals surface area contributed by atoms with Crippen molar-refractivity contribution in [2.45, 2.75) is 6.04 Å². The van der Waals surface area contributed by atoms with E-state index in [1.165, 1.54) is 17.2 Å². The number of furan rings is 1. The lowest BCUT2D eigenvalue weighted by molar-refractivity contribution is -0.907. The van der Waals surface area contributed by atoms with Crippen molar-refractivity contribution >= 4 is 11.7 Å². The van der Waals surface area contributed by atoms with E-state index in [4.69, 9.17) is 9.15 Å². The third kappa shape index (κ3) is 3.46. The molecule has 28 heavy (non-hydrogen) atoms. The molecule has 0 spiro atoms. The number of amides is 1. The Kier molecular flexibility index (Phi) is 5.27. The molecule has 2 N–H and O–H groups in total. The number of carbonyl (C=O) groups excluding carboxylic acids is 2. The molecule has 3 heterocycles. The van der Waals surface area contributed by atoms with E-state index < -0.39 is 23.5 Å². The van der Waals surface area contributed by atoms with Gasteiger partial charge in [0.15, 0.2) is 11.5 Å². The summed E-state index contributed by atoms with van der Waals surface area (Å²) in [7, 11) is 0. The van der Waals surface area contributed by atoms with Crippen molar-refractivity contribution < 1.29 is 28.7 Å². The fourth-order valence-corrected chi connectivity index (χ4v) is 3.83. The quantitative estimate of drug-likeness (QED) is 0.720. The number of nitrogens with one attached hydrogen (secondary N) is 1. The van der Waals surface area contributed by atoms with Gasteiger partial charge in [0.2, 0.25) is 5.78 Å². The van der Waals surface area contributed by atoms with Crippen molar-refractivity contribution in [2.75, 3.05) is 39.4 Å². The van der Waals surface area contributed by atoms with E-state index >= 15 is 0 Å². The highest BCUT2D eigenvalue weighted by atomic mass is 16.5. The average Bonchev–Trinajstić information content (AvgIpc) is 3.36. The summed E-state index contributed by atoms with van der Waals surface area (Å²) < 4.78 is 10.6. The van der Waals surface area contributed by atoms with E-state index in [0.717, 1.165) is 25.2 Å². The topological polar surface area (TPSA) is 84.4 Å². The molecule has 0 radical (unpaired) electrons. The third-order valence-corrected chi connectivity index (χ3v) is 5.31. The molecule has 1 atom stereocenters. The molecule has 1 fully saturated rings. The van der Waals surface area contributed by atoms with Crippen molar-refractivity contribution in [3.8, 4) is 0 Å². The minimum absolute atomic E-state index is 0.0723. The molecule has 0 aliphatic carbocycles. The second-order valence-corrected chi connectivity index (χ2v) is 6.99. The highest BCUT2D eigenvalue weighted by molar-refractivity contribution is 6.14. The summed E-state index contributed by atoms with van der Waals surface area (Å²) in [5, 5.41) is 10.6. The Balaban J connectivity index is 1.64. The van der Waals surface area contributed by atoms with Gasteiger partial charge in [-0.25, -0.2) is 0 Å². The van der Waals surface area contributed by atoms with Crippen LogP contribution in [-0.4, -0.2) is 61.1 Å². The number of hydrogen-bond donors (Lipinski definition) is 2. The molecule has 1 aromatic carbocycles. The summed E-state index contributed by atoms with van der Waals surface area (Å²) in [6, 6.07) is 11.8. The lowest BCUT2D eigenvalue weighted by atomic mass is 9.95. The smallest absolute Gasteiger partial charge is 0.290 e. The van der Waals surface area contributed by atoms with Crippen molar-refractivity contribution in [2.24, 2.45) is 0 Å². The van der Waals surface area contributed by atoms with Crippen LogP contribution in [0.4, 0.5) is 0 Å². The van der Waals surface area contributed by atoms with Crippen LogP contribution in [0.5, 0.6) is 0 Å². The van der Waals surface area contributed by atoms with E-state index in [9.17, 15) is 14.7 Å². The molecule has 0 unspecified atom stereocenters. The molecule has 2 aromatic rings. The first kappa shape index (κ1) is 18.5. The zero-order chi connectivity index (χ0) is 19.5.